The second-order valence-corrected chi connectivity index (χ2v) is 4.16. The average molecular weight is 218 g/mol. The summed E-state index contributed by atoms with van der Waals surface area (Å²) in [4.78, 5) is 0. The Hall–Kier alpha value is -1.48. The SMILES string of the molecule is Cn1c(CCCCN)cc2cccc(O)c21. The molecule has 0 unspecified atom stereocenters. The van der Waals surface area contributed by atoms with Gasteiger partial charge in [0.15, 0.2) is 0 Å². The normalized spacial score (nSPS) is 11.1. The molecule has 2 rings (SSSR count). The first-order chi connectivity index (χ1) is 7.74. The van der Waals surface area contributed by atoms with Crippen LogP contribution in [0.4, 0.5) is 0 Å². The lowest BCUT2D eigenvalue weighted by atomic mass is 10.2. The van der Waals surface area contributed by atoms with Gasteiger partial charge in [-0.05, 0) is 37.9 Å². The van der Waals surface area contributed by atoms with Gasteiger partial charge in [-0.15, -0.1) is 0 Å². The third kappa shape index (κ3) is 1.91. The Balaban J connectivity index is 2.33. The van der Waals surface area contributed by atoms with E-state index in [0.717, 1.165) is 36.7 Å². The maximum Gasteiger partial charge on any atom is 0.139 e. The molecule has 0 saturated heterocycles. The Morgan fingerprint density at radius 1 is 1.31 bits per heavy atom. The minimum absolute atomic E-state index is 0.352. The number of para-hydroxylation sites is 1. The second-order valence-electron chi connectivity index (χ2n) is 4.16. The van der Waals surface area contributed by atoms with Gasteiger partial charge in [-0.1, -0.05) is 12.1 Å². The quantitative estimate of drug-likeness (QED) is 0.773. The maximum absolute atomic E-state index is 9.80. The van der Waals surface area contributed by atoms with Crippen molar-refractivity contribution in [1.29, 1.82) is 0 Å². The summed E-state index contributed by atoms with van der Waals surface area (Å²) in [5, 5.41) is 10.9. The van der Waals surface area contributed by atoms with Crippen LogP contribution in [0.5, 0.6) is 5.75 Å². The molecule has 3 N–H and O–H groups in total. The average Bonchev–Trinajstić information content (AvgIpc) is 2.58. The van der Waals surface area contributed by atoms with Crippen LogP contribution in [-0.2, 0) is 13.5 Å². The molecule has 1 aromatic heterocycles. The molecule has 0 aliphatic rings. The highest BCUT2D eigenvalue weighted by atomic mass is 16.3. The van der Waals surface area contributed by atoms with Gasteiger partial charge in [0.1, 0.15) is 5.75 Å². The van der Waals surface area contributed by atoms with E-state index in [2.05, 4.69) is 10.6 Å². The summed E-state index contributed by atoms with van der Waals surface area (Å²) in [5.41, 5.74) is 7.66. The minimum atomic E-state index is 0.352. The van der Waals surface area contributed by atoms with E-state index in [0.29, 0.717) is 5.75 Å². The molecule has 0 aliphatic heterocycles. The Kier molecular flexibility index (Phi) is 3.15. The highest BCUT2D eigenvalue weighted by Crippen LogP contribution is 2.27. The fourth-order valence-corrected chi connectivity index (χ4v) is 2.14. The minimum Gasteiger partial charge on any atom is -0.506 e. The molecule has 0 aliphatic carbocycles. The van der Waals surface area contributed by atoms with Crippen LogP contribution in [0.3, 0.4) is 0 Å². The number of aryl methyl sites for hydroxylation is 2. The van der Waals surface area contributed by atoms with Crippen LogP contribution in [0.1, 0.15) is 18.5 Å². The Morgan fingerprint density at radius 3 is 2.81 bits per heavy atom. The highest BCUT2D eigenvalue weighted by molar-refractivity contribution is 5.86. The monoisotopic (exact) mass is 218 g/mol. The van der Waals surface area contributed by atoms with E-state index in [4.69, 9.17) is 5.73 Å². The number of nitrogens with zero attached hydrogens (tertiary/aromatic N) is 1. The first kappa shape index (κ1) is 11.0. The van der Waals surface area contributed by atoms with E-state index in [1.807, 2.05) is 19.2 Å². The Bertz CT molecular complexity index is 488. The number of benzene rings is 1. The van der Waals surface area contributed by atoms with Crippen LogP contribution >= 0.6 is 0 Å². The molecule has 0 amide bonds. The topological polar surface area (TPSA) is 51.2 Å². The molecule has 3 heteroatoms. The van der Waals surface area contributed by atoms with Gasteiger partial charge >= 0.3 is 0 Å². The molecule has 2 aromatic rings. The summed E-state index contributed by atoms with van der Waals surface area (Å²) in [7, 11) is 2.00. The third-order valence-corrected chi connectivity index (χ3v) is 3.02. The molecule has 1 aromatic carbocycles. The fourth-order valence-electron chi connectivity index (χ4n) is 2.14. The number of phenols is 1. The number of unbranched alkanes of at least 4 members (excludes halogenated alkanes) is 1. The zero-order valence-electron chi connectivity index (χ0n) is 9.61. The van der Waals surface area contributed by atoms with Gasteiger partial charge in [0, 0.05) is 18.1 Å². The maximum atomic E-state index is 9.80. The molecule has 0 atom stereocenters. The van der Waals surface area contributed by atoms with Crippen molar-refractivity contribution in [2.24, 2.45) is 12.8 Å². The summed E-state index contributed by atoms with van der Waals surface area (Å²) in [6.45, 7) is 0.745. The van der Waals surface area contributed by atoms with Crippen LogP contribution in [0, 0.1) is 0 Å². The van der Waals surface area contributed by atoms with Crippen molar-refractivity contribution in [3.63, 3.8) is 0 Å². The lowest BCUT2D eigenvalue weighted by molar-refractivity contribution is 0.478. The van der Waals surface area contributed by atoms with Crippen LogP contribution in [0.2, 0.25) is 0 Å². The number of rotatable bonds is 4. The Morgan fingerprint density at radius 2 is 2.12 bits per heavy atom. The van der Waals surface area contributed by atoms with Crippen molar-refractivity contribution in [2.75, 3.05) is 6.54 Å². The molecule has 1 heterocycles. The highest BCUT2D eigenvalue weighted by Gasteiger charge is 2.08. The number of hydrogen-bond acceptors (Lipinski definition) is 2. The molecule has 0 saturated carbocycles. The summed E-state index contributed by atoms with van der Waals surface area (Å²) < 4.78 is 2.07. The lowest BCUT2D eigenvalue weighted by Gasteiger charge is -2.04. The van der Waals surface area contributed by atoms with Gasteiger partial charge in [-0.3, -0.25) is 0 Å². The zero-order chi connectivity index (χ0) is 11.5. The van der Waals surface area contributed by atoms with E-state index in [-0.39, 0.29) is 0 Å². The summed E-state index contributed by atoms with van der Waals surface area (Å²) in [5.74, 6) is 0.352. The van der Waals surface area contributed by atoms with Crippen molar-refractivity contribution in [3.8, 4) is 5.75 Å². The Labute approximate surface area is 95.5 Å². The van der Waals surface area contributed by atoms with Gasteiger partial charge in [0.25, 0.3) is 0 Å². The van der Waals surface area contributed by atoms with Crippen LogP contribution < -0.4 is 5.73 Å². The molecule has 0 spiro atoms. The molecule has 0 bridgehead atoms. The number of hydrogen-bond donors (Lipinski definition) is 2. The van der Waals surface area contributed by atoms with Gasteiger partial charge in [0.05, 0.1) is 5.52 Å². The molecular weight excluding hydrogens is 200 g/mol. The van der Waals surface area contributed by atoms with Crippen LogP contribution in [0.25, 0.3) is 10.9 Å². The molecule has 3 nitrogen and oxygen atoms in total. The number of aromatic hydroxyl groups is 1. The number of phenolic OH excluding ortho intramolecular Hbond substituents is 1. The zero-order valence-corrected chi connectivity index (χ0v) is 9.61. The molecule has 86 valence electrons. The van der Waals surface area contributed by atoms with Gasteiger partial charge in [-0.2, -0.15) is 0 Å². The molecule has 0 fully saturated rings. The van der Waals surface area contributed by atoms with Gasteiger partial charge in [0.2, 0.25) is 0 Å². The number of nitrogens with two attached hydrogens (primary N) is 1. The van der Waals surface area contributed by atoms with E-state index in [9.17, 15) is 5.11 Å². The van der Waals surface area contributed by atoms with Crippen molar-refractivity contribution in [1.82, 2.24) is 4.57 Å². The second kappa shape index (κ2) is 4.58. The fraction of sp³-hybridized carbons (Fsp3) is 0.385. The smallest absolute Gasteiger partial charge is 0.139 e. The standard InChI is InChI=1S/C13H18N2O/c1-15-11(6-2-3-8-14)9-10-5-4-7-12(16)13(10)15/h4-5,7,9,16H,2-3,6,8,14H2,1H3. The predicted octanol–water partition coefficient (Wildman–Crippen LogP) is 2.17. The molecule has 0 radical (unpaired) electrons. The van der Waals surface area contributed by atoms with E-state index in [1.165, 1.54) is 5.69 Å². The van der Waals surface area contributed by atoms with Gasteiger partial charge < -0.3 is 15.4 Å². The largest absolute Gasteiger partial charge is 0.506 e. The molecular formula is C13H18N2O. The summed E-state index contributed by atoms with van der Waals surface area (Å²) >= 11 is 0. The first-order valence-corrected chi connectivity index (χ1v) is 5.70. The van der Waals surface area contributed by atoms with Crippen molar-refractivity contribution < 1.29 is 5.11 Å². The van der Waals surface area contributed by atoms with Crippen LogP contribution in [-0.4, -0.2) is 16.2 Å². The number of fused-ring (bicyclic) bond motifs is 1. The van der Waals surface area contributed by atoms with Crippen molar-refractivity contribution in [3.05, 3.63) is 30.0 Å². The number of aromatic nitrogens is 1. The summed E-state index contributed by atoms with van der Waals surface area (Å²) in [6, 6.07) is 7.78. The summed E-state index contributed by atoms with van der Waals surface area (Å²) in [6.07, 6.45) is 3.16. The molecule has 16 heavy (non-hydrogen) atoms. The van der Waals surface area contributed by atoms with E-state index in [1.54, 1.807) is 6.07 Å². The lowest BCUT2D eigenvalue weighted by Crippen LogP contribution is -2.01. The van der Waals surface area contributed by atoms with Crippen molar-refractivity contribution in [2.45, 2.75) is 19.3 Å². The van der Waals surface area contributed by atoms with Crippen LogP contribution in [0.15, 0.2) is 24.3 Å². The van der Waals surface area contributed by atoms with Gasteiger partial charge in [-0.25, -0.2) is 0 Å². The first-order valence-electron chi connectivity index (χ1n) is 5.70. The van der Waals surface area contributed by atoms with E-state index >= 15 is 0 Å². The van der Waals surface area contributed by atoms with Crippen molar-refractivity contribution >= 4 is 10.9 Å². The third-order valence-electron chi connectivity index (χ3n) is 3.02. The predicted molar refractivity (Wildman–Crippen MR) is 66.6 cm³/mol. The van der Waals surface area contributed by atoms with E-state index < -0.39 is 0 Å².